The van der Waals surface area contributed by atoms with Crippen molar-refractivity contribution in [2.24, 2.45) is 5.16 Å². The Labute approximate surface area is 94.4 Å². The molecule has 1 unspecified atom stereocenters. The standard InChI is InChI=1S/C8H8N4O5/c1-3-10-11-8(16-3)9-6(13)5-2-4(7(14)15)12-17-5/h5H,2H2,1H3,(H,14,15)(H,9,11,13). The second-order valence-electron chi connectivity index (χ2n) is 3.26. The van der Waals surface area contributed by atoms with E-state index < -0.39 is 18.0 Å². The molecular weight excluding hydrogens is 232 g/mol. The molecule has 0 bridgehead atoms. The second-order valence-corrected chi connectivity index (χ2v) is 3.26. The molecule has 1 aromatic heterocycles. The molecule has 1 aliphatic heterocycles. The summed E-state index contributed by atoms with van der Waals surface area (Å²) in [6.07, 6.45) is -1.10. The van der Waals surface area contributed by atoms with Crippen LogP contribution in [0, 0.1) is 6.92 Å². The first kappa shape index (κ1) is 11.0. The highest BCUT2D eigenvalue weighted by molar-refractivity contribution is 6.36. The van der Waals surface area contributed by atoms with E-state index in [0.717, 1.165) is 0 Å². The first-order valence-electron chi connectivity index (χ1n) is 4.63. The van der Waals surface area contributed by atoms with Crippen molar-refractivity contribution >= 4 is 23.6 Å². The van der Waals surface area contributed by atoms with Crippen LogP contribution < -0.4 is 5.32 Å². The number of aliphatic carboxylic acids is 1. The van der Waals surface area contributed by atoms with Crippen LogP contribution in [-0.2, 0) is 14.4 Å². The van der Waals surface area contributed by atoms with Crippen LogP contribution in [0.2, 0.25) is 0 Å². The lowest BCUT2D eigenvalue weighted by atomic mass is 10.2. The molecule has 0 saturated heterocycles. The number of aryl methyl sites for hydroxylation is 1. The van der Waals surface area contributed by atoms with E-state index >= 15 is 0 Å². The van der Waals surface area contributed by atoms with E-state index in [1.165, 1.54) is 0 Å². The lowest BCUT2D eigenvalue weighted by Crippen LogP contribution is -2.29. The molecule has 0 radical (unpaired) electrons. The summed E-state index contributed by atoms with van der Waals surface area (Å²) in [4.78, 5) is 26.8. The number of oxime groups is 1. The molecule has 1 amide bonds. The highest BCUT2D eigenvalue weighted by Crippen LogP contribution is 2.13. The van der Waals surface area contributed by atoms with Gasteiger partial charge < -0.3 is 14.4 Å². The van der Waals surface area contributed by atoms with Crippen molar-refractivity contribution in [3.05, 3.63) is 5.89 Å². The molecule has 0 saturated carbocycles. The van der Waals surface area contributed by atoms with Gasteiger partial charge in [-0.3, -0.25) is 10.1 Å². The summed E-state index contributed by atoms with van der Waals surface area (Å²) in [7, 11) is 0. The third kappa shape index (κ3) is 2.38. The van der Waals surface area contributed by atoms with Gasteiger partial charge in [0.15, 0.2) is 5.71 Å². The molecule has 1 atom stereocenters. The largest absolute Gasteiger partial charge is 0.477 e. The molecule has 2 N–H and O–H groups in total. The molecular formula is C8H8N4O5. The van der Waals surface area contributed by atoms with Gasteiger partial charge in [-0.2, -0.15) is 0 Å². The van der Waals surface area contributed by atoms with Crippen molar-refractivity contribution in [2.75, 3.05) is 5.32 Å². The predicted octanol–water partition coefficient (Wildman–Crippen LogP) is -0.454. The number of nitrogens with one attached hydrogen (secondary N) is 1. The van der Waals surface area contributed by atoms with Crippen molar-refractivity contribution in [1.29, 1.82) is 0 Å². The number of nitrogens with zero attached hydrogens (tertiary/aromatic N) is 3. The van der Waals surface area contributed by atoms with Gasteiger partial charge in [-0.15, -0.1) is 5.10 Å². The monoisotopic (exact) mass is 240 g/mol. The Bertz CT molecular complexity index is 494. The van der Waals surface area contributed by atoms with Crippen LogP contribution in [0.1, 0.15) is 12.3 Å². The number of hydrogen-bond acceptors (Lipinski definition) is 7. The smallest absolute Gasteiger partial charge is 0.353 e. The lowest BCUT2D eigenvalue weighted by molar-refractivity contribution is -0.129. The minimum atomic E-state index is -1.21. The van der Waals surface area contributed by atoms with Crippen LogP contribution in [0.15, 0.2) is 9.57 Å². The summed E-state index contributed by atoms with van der Waals surface area (Å²) in [6, 6.07) is -0.0696. The quantitative estimate of drug-likeness (QED) is 0.732. The fourth-order valence-electron chi connectivity index (χ4n) is 1.18. The van der Waals surface area contributed by atoms with Gasteiger partial charge in [-0.25, -0.2) is 4.79 Å². The molecule has 9 nitrogen and oxygen atoms in total. The lowest BCUT2D eigenvalue weighted by Gasteiger charge is -2.05. The summed E-state index contributed by atoms with van der Waals surface area (Å²) in [5.74, 6) is -1.50. The van der Waals surface area contributed by atoms with E-state index in [4.69, 9.17) is 9.52 Å². The Morgan fingerprint density at radius 3 is 2.76 bits per heavy atom. The van der Waals surface area contributed by atoms with E-state index in [1.54, 1.807) is 6.92 Å². The van der Waals surface area contributed by atoms with Crippen molar-refractivity contribution in [1.82, 2.24) is 10.2 Å². The Morgan fingerprint density at radius 1 is 1.47 bits per heavy atom. The number of rotatable bonds is 3. The highest BCUT2D eigenvalue weighted by Gasteiger charge is 2.32. The number of anilines is 1. The predicted molar refractivity (Wildman–Crippen MR) is 52.2 cm³/mol. The first-order valence-corrected chi connectivity index (χ1v) is 4.63. The molecule has 2 rings (SSSR count). The summed E-state index contributed by atoms with van der Waals surface area (Å²) >= 11 is 0. The van der Waals surface area contributed by atoms with Gasteiger partial charge in [0, 0.05) is 13.3 Å². The Balaban J connectivity index is 1.93. The molecule has 2 heterocycles. The van der Waals surface area contributed by atoms with Crippen molar-refractivity contribution < 1.29 is 24.0 Å². The van der Waals surface area contributed by atoms with Gasteiger partial charge in [0.25, 0.3) is 5.91 Å². The molecule has 17 heavy (non-hydrogen) atoms. The van der Waals surface area contributed by atoms with Gasteiger partial charge in [-0.1, -0.05) is 10.3 Å². The van der Waals surface area contributed by atoms with Crippen LogP contribution in [-0.4, -0.2) is 39.0 Å². The fourth-order valence-corrected chi connectivity index (χ4v) is 1.18. The zero-order valence-corrected chi connectivity index (χ0v) is 8.71. The van der Waals surface area contributed by atoms with Crippen molar-refractivity contribution in [3.8, 4) is 0 Å². The first-order chi connectivity index (χ1) is 8.06. The molecule has 0 fully saturated rings. The second kappa shape index (κ2) is 4.20. The van der Waals surface area contributed by atoms with Gasteiger partial charge in [-0.05, 0) is 0 Å². The fraction of sp³-hybridized carbons (Fsp3) is 0.375. The van der Waals surface area contributed by atoms with Gasteiger partial charge in [0.05, 0.1) is 0 Å². The minimum Gasteiger partial charge on any atom is -0.477 e. The number of carboxylic acid groups (broad SMARTS) is 1. The van der Waals surface area contributed by atoms with Crippen LogP contribution in [0.25, 0.3) is 0 Å². The zero-order chi connectivity index (χ0) is 12.4. The maximum atomic E-state index is 11.6. The molecule has 0 aromatic carbocycles. The van der Waals surface area contributed by atoms with E-state index in [0.29, 0.717) is 5.89 Å². The third-order valence-electron chi connectivity index (χ3n) is 1.96. The zero-order valence-electron chi connectivity index (χ0n) is 8.71. The highest BCUT2D eigenvalue weighted by atomic mass is 16.6. The molecule has 1 aromatic rings. The van der Waals surface area contributed by atoms with Gasteiger partial charge in [0.2, 0.25) is 12.0 Å². The maximum absolute atomic E-state index is 11.6. The molecule has 0 spiro atoms. The van der Waals surface area contributed by atoms with Gasteiger partial charge >= 0.3 is 12.0 Å². The summed E-state index contributed by atoms with van der Waals surface area (Å²) in [5.41, 5.74) is -0.202. The van der Waals surface area contributed by atoms with E-state index in [-0.39, 0.29) is 18.1 Å². The number of carbonyl (C=O) groups is 2. The average molecular weight is 240 g/mol. The maximum Gasteiger partial charge on any atom is 0.353 e. The summed E-state index contributed by atoms with van der Waals surface area (Å²) in [5, 5.41) is 21.3. The molecule has 0 aliphatic carbocycles. The molecule has 90 valence electrons. The topological polar surface area (TPSA) is 127 Å². The minimum absolute atomic E-state index is 0.0696. The Kier molecular flexibility index (Phi) is 2.73. The Morgan fingerprint density at radius 2 is 2.24 bits per heavy atom. The van der Waals surface area contributed by atoms with Crippen LogP contribution in [0.5, 0.6) is 0 Å². The summed E-state index contributed by atoms with van der Waals surface area (Å²) in [6.45, 7) is 1.57. The molecule has 1 aliphatic rings. The van der Waals surface area contributed by atoms with E-state index in [9.17, 15) is 9.59 Å². The number of hydrogen-bond donors (Lipinski definition) is 2. The van der Waals surface area contributed by atoms with Gasteiger partial charge in [0.1, 0.15) is 0 Å². The summed E-state index contributed by atoms with van der Waals surface area (Å²) < 4.78 is 4.92. The van der Waals surface area contributed by atoms with Crippen LogP contribution in [0.3, 0.4) is 0 Å². The van der Waals surface area contributed by atoms with E-state index in [2.05, 4.69) is 25.5 Å². The Hall–Kier alpha value is -2.45. The van der Waals surface area contributed by atoms with E-state index in [1.807, 2.05) is 0 Å². The number of carbonyl (C=O) groups excluding carboxylic acids is 1. The number of carboxylic acids is 1. The third-order valence-corrected chi connectivity index (χ3v) is 1.96. The number of amides is 1. The van der Waals surface area contributed by atoms with Crippen molar-refractivity contribution in [3.63, 3.8) is 0 Å². The SMILES string of the molecule is Cc1nnc(NC(=O)C2CC(C(=O)O)=NO2)o1. The van der Waals surface area contributed by atoms with Crippen molar-refractivity contribution in [2.45, 2.75) is 19.4 Å². The molecule has 9 heteroatoms. The van der Waals surface area contributed by atoms with Crippen LogP contribution in [0.4, 0.5) is 6.01 Å². The average Bonchev–Trinajstić information content (AvgIpc) is 2.86. The van der Waals surface area contributed by atoms with Crippen LogP contribution >= 0.6 is 0 Å². The normalized spacial score (nSPS) is 18.4. The number of aromatic nitrogens is 2.